The largest absolute Gasteiger partial charge is 0.383 e. The standard InChI is InChI=1S/C18H15N5O2/c19-16-15(10-24)17(21-11-20-16)22-13-6-8-14(9-7-13)23-18(25)12-4-2-1-3-5-12/h1-11H,(H,23,25)(H3,19,20,21,22). The van der Waals surface area contributed by atoms with Crippen molar-refractivity contribution >= 4 is 35.2 Å². The van der Waals surface area contributed by atoms with Crippen molar-refractivity contribution in [2.45, 2.75) is 0 Å². The molecule has 1 heterocycles. The van der Waals surface area contributed by atoms with Gasteiger partial charge in [0, 0.05) is 16.9 Å². The highest BCUT2D eigenvalue weighted by Gasteiger charge is 2.09. The average Bonchev–Trinajstić information content (AvgIpc) is 2.64. The summed E-state index contributed by atoms with van der Waals surface area (Å²) in [7, 11) is 0. The van der Waals surface area contributed by atoms with E-state index in [4.69, 9.17) is 5.73 Å². The Morgan fingerprint density at radius 3 is 2.32 bits per heavy atom. The first-order chi connectivity index (χ1) is 12.2. The molecule has 3 aromatic rings. The molecule has 1 amide bonds. The lowest BCUT2D eigenvalue weighted by atomic mass is 10.2. The zero-order valence-corrected chi connectivity index (χ0v) is 13.1. The number of nitrogens with zero attached hydrogens (tertiary/aromatic N) is 2. The highest BCUT2D eigenvalue weighted by atomic mass is 16.1. The van der Waals surface area contributed by atoms with Gasteiger partial charge in [-0.25, -0.2) is 9.97 Å². The fraction of sp³-hybridized carbons (Fsp3) is 0. The van der Waals surface area contributed by atoms with E-state index in [9.17, 15) is 9.59 Å². The molecule has 3 rings (SSSR count). The van der Waals surface area contributed by atoms with Crippen molar-refractivity contribution in [1.82, 2.24) is 9.97 Å². The molecule has 0 aliphatic carbocycles. The van der Waals surface area contributed by atoms with E-state index in [1.807, 2.05) is 6.07 Å². The Bertz CT molecular complexity index is 895. The van der Waals surface area contributed by atoms with Gasteiger partial charge in [0.1, 0.15) is 18.0 Å². The molecule has 0 spiro atoms. The van der Waals surface area contributed by atoms with Crippen LogP contribution in [0.4, 0.5) is 23.0 Å². The summed E-state index contributed by atoms with van der Waals surface area (Å²) in [5.74, 6) is 0.246. The number of aldehydes is 1. The van der Waals surface area contributed by atoms with Crippen molar-refractivity contribution in [2.24, 2.45) is 0 Å². The third-order valence-corrected chi connectivity index (χ3v) is 3.47. The zero-order valence-electron chi connectivity index (χ0n) is 13.1. The molecule has 7 heteroatoms. The van der Waals surface area contributed by atoms with Gasteiger partial charge in [-0.2, -0.15) is 0 Å². The predicted octanol–water partition coefficient (Wildman–Crippen LogP) is 2.87. The molecule has 0 bridgehead atoms. The van der Waals surface area contributed by atoms with Crippen LogP contribution in [0.3, 0.4) is 0 Å². The number of hydrogen-bond acceptors (Lipinski definition) is 6. The molecule has 0 radical (unpaired) electrons. The van der Waals surface area contributed by atoms with Crippen LogP contribution in [0.2, 0.25) is 0 Å². The normalized spacial score (nSPS) is 10.1. The van der Waals surface area contributed by atoms with Crippen LogP contribution in [-0.2, 0) is 0 Å². The number of aromatic nitrogens is 2. The summed E-state index contributed by atoms with van der Waals surface area (Å²) in [6.07, 6.45) is 1.88. The van der Waals surface area contributed by atoms with E-state index in [1.165, 1.54) is 6.33 Å². The van der Waals surface area contributed by atoms with Gasteiger partial charge in [-0.3, -0.25) is 9.59 Å². The Morgan fingerprint density at radius 1 is 0.960 bits per heavy atom. The van der Waals surface area contributed by atoms with E-state index in [2.05, 4.69) is 20.6 Å². The molecular formula is C18H15N5O2. The summed E-state index contributed by atoms with van der Waals surface area (Å²) in [6.45, 7) is 0. The highest BCUT2D eigenvalue weighted by molar-refractivity contribution is 6.04. The topological polar surface area (TPSA) is 110 Å². The van der Waals surface area contributed by atoms with Gasteiger partial charge in [0.15, 0.2) is 6.29 Å². The Hall–Kier alpha value is -3.74. The van der Waals surface area contributed by atoms with Gasteiger partial charge >= 0.3 is 0 Å². The number of nitrogens with two attached hydrogens (primary N) is 1. The number of rotatable bonds is 5. The summed E-state index contributed by atoms with van der Waals surface area (Å²) in [6, 6.07) is 16.0. The fourth-order valence-corrected chi connectivity index (χ4v) is 2.19. The number of nitrogens with one attached hydrogen (secondary N) is 2. The second-order valence-electron chi connectivity index (χ2n) is 5.16. The van der Waals surface area contributed by atoms with Gasteiger partial charge in [0.25, 0.3) is 5.91 Å². The van der Waals surface area contributed by atoms with E-state index in [0.717, 1.165) is 0 Å². The lowest BCUT2D eigenvalue weighted by Gasteiger charge is -2.10. The van der Waals surface area contributed by atoms with E-state index >= 15 is 0 Å². The molecule has 0 aliphatic heterocycles. The minimum atomic E-state index is -0.187. The monoisotopic (exact) mass is 333 g/mol. The molecule has 4 N–H and O–H groups in total. The highest BCUT2D eigenvalue weighted by Crippen LogP contribution is 2.21. The van der Waals surface area contributed by atoms with E-state index in [-0.39, 0.29) is 17.3 Å². The van der Waals surface area contributed by atoms with Gasteiger partial charge in [0.2, 0.25) is 0 Å². The number of carbonyl (C=O) groups is 2. The van der Waals surface area contributed by atoms with Crippen LogP contribution in [0.1, 0.15) is 20.7 Å². The van der Waals surface area contributed by atoms with Crippen LogP contribution in [0, 0.1) is 0 Å². The Kier molecular flexibility index (Phi) is 4.66. The number of nitrogen functional groups attached to an aromatic ring is 1. The maximum atomic E-state index is 12.1. The minimum absolute atomic E-state index is 0.110. The number of anilines is 4. The molecule has 0 saturated heterocycles. The molecule has 0 atom stereocenters. The number of amides is 1. The smallest absolute Gasteiger partial charge is 0.255 e. The van der Waals surface area contributed by atoms with Gasteiger partial charge < -0.3 is 16.4 Å². The minimum Gasteiger partial charge on any atom is -0.383 e. The van der Waals surface area contributed by atoms with E-state index in [0.29, 0.717) is 29.0 Å². The first-order valence-electron chi connectivity index (χ1n) is 7.46. The Balaban J connectivity index is 1.72. The number of carbonyl (C=O) groups excluding carboxylic acids is 2. The summed E-state index contributed by atoms with van der Waals surface area (Å²) in [5.41, 5.74) is 7.77. The SMILES string of the molecule is Nc1ncnc(Nc2ccc(NC(=O)c3ccccc3)cc2)c1C=O. The van der Waals surface area contributed by atoms with Crippen LogP contribution in [0.5, 0.6) is 0 Å². The molecule has 7 nitrogen and oxygen atoms in total. The quantitative estimate of drug-likeness (QED) is 0.619. The van der Waals surface area contributed by atoms with Crippen molar-refractivity contribution in [3.8, 4) is 0 Å². The molecule has 2 aromatic carbocycles. The van der Waals surface area contributed by atoms with Gasteiger partial charge in [-0.15, -0.1) is 0 Å². The van der Waals surface area contributed by atoms with Crippen LogP contribution in [0.25, 0.3) is 0 Å². The first kappa shape index (κ1) is 16.1. The van der Waals surface area contributed by atoms with Crippen molar-refractivity contribution in [3.05, 3.63) is 72.1 Å². The first-order valence-corrected chi connectivity index (χ1v) is 7.46. The van der Waals surface area contributed by atoms with Crippen LogP contribution >= 0.6 is 0 Å². The number of hydrogen-bond donors (Lipinski definition) is 3. The third kappa shape index (κ3) is 3.78. The van der Waals surface area contributed by atoms with Gasteiger partial charge in [0.05, 0.1) is 5.56 Å². The summed E-state index contributed by atoms with van der Waals surface area (Å²) < 4.78 is 0. The van der Waals surface area contributed by atoms with Gasteiger partial charge in [-0.05, 0) is 36.4 Å². The molecular weight excluding hydrogens is 318 g/mol. The predicted molar refractivity (Wildman–Crippen MR) is 96.0 cm³/mol. The fourth-order valence-electron chi connectivity index (χ4n) is 2.19. The molecule has 0 unspecified atom stereocenters. The second-order valence-corrected chi connectivity index (χ2v) is 5.16. The maximum Gasteiger partial charge on any atom is 0.255 e. The molecule has 1 aromatic heterocycles. The van der Waals surface area contributed by atoms with E-state index < -0.39 is 0 Å². The molecule has 25 heavy (non-hydrogen) atoms. The molecule has 0 aliphatic rings. The summed E-state index contributed by atoms with van der Waals surface area (Å²) in [4.78, 5) is 31.0. The average molecular weight is 333 g/mol. The van der Waals surface area contributed by atoms with Crippen LogP contribution in [0.15, 0.2) is 60.9 Å². The van der Waals surface area contributed by atoms with Crippen molar-refractivity contribution < 1.29 is 9.59 Å². The number of benzene rings is 2. The third-order valence-electron chi connectivity index (χ3n) is 3.47. The molecule has 0 saturated carbocycles. The molecule has 0 fully saturated rings. The van der Waals surface area contributed by atoms with Crippen molar-refractivity contribution in [3.63, 3.8) is 0 Å². The Labute approximate surface area is 143 Å². The van der Waals surface area contributed by atoms with Crippen LogP contribution < -0.4 is 16.4 Å². The summed E-state index contributed by atoms with van der Waals surface area (Å²) >= 11 is 0. The Morgan fingerprint density at radius 2 is 1.64 bits per heavy atom. The lowest BCUT2D eigenvalue weighted by Crippen LogP contribution is -2.11. The second kappa shape index (κ2) is 7.22. The van der Waals surface area contributed by atoms with Crippen molar-refractivity contribution in [1.29, 1.82) is 0 Å². The van der Waals surface area contributed by atoms with Gasteiger partial charge in [-0.1, -0.05) is 18.2 Å². The van der Waals surface area contributed by atoms with E-state index in [1.54, 1.807) is 48.5 Å². The zero-order chi connectivity index (χ0) is 17.6. The maximum absolute atomic E-state index is 12.1. The van der Waals surface area contributed by atoms with Crippen LogP contribution in [-0.4, -0.2) is 22.2 Å². The molecule has 124 valence electrons. The lowest BCUT2D eigenvalue weighted by molar-refractivity contribution is 0.102. The van der Waals surface area contributed by atoms with Crippen molar-refractivity contribution in [2.75, 3.05) is 16.4 Å². The summed E-state index contributed by atoms with van der Waals surface area (Å²) in [5, 5.41) is 5.81.